The Morgan fingerprint density at radius 3 is 2.71 bits per heavy atom. The van der Waals surface area contributed by atoms with Gasteiger partial charge in [-0.3, -0.25) is 4.79 Å². The number of carbonyl (C=O) groups excluding carboxylic acids is 1. The highest BCUT2D eigenvalue weighted by molar-refractivity contribution is 5.82. The minimum Gasteiger partial charge on any atom is -0.392 e. The van der Waals surface area contributed by atoms with Gasteiger partial charge < -0.3 is 21.3 Å². The molecular formula is C12H18N2O3. The van der Waals surface area contributed by atoms with Crippen LogP contribution in [0, 0.1) is 0 Å². The first-order chi connectivity index (χ1) is 8.04. The van der Waals surface area contributed by atoms with E-state index in [2.05, 4.69) is 5.32 Å². The lowest BCUT2D eigenvalue weighted by molar-refractivity contribution is -0.124. The van der Waals surface area contributed by atoms with E-state index in [0.29, 0.717) is 6.54 Å². The molecule has 0 bridgehead atoms. The second-order valence-corrected chi connectivity index (χ2v) is 3.96. The smallest absolute Gasteiger partial charge is 0.239 e. The Hall–Kier alpha value is -1.43. The molecule has 0 fully saturated rings. The van der Waals surface area contributed by atoms with Gasteiger partial charge in [-0.15, -0.1) is 0 Å². The first kappa shape index (κ1) is 13.6. The van der Waals surface area contributed by atoms with Crippen LogP contribution in [0.5, 0.6) is 0 Å². The normalized spacial score (nSPS) is 14.1. The zero-order valence-electron chi connectivity index (χ0n) is 9.76. The zero-order chi connectivity index (χ0) is 12.8. The van der Waals surface area contributed by atoms with Crippen LogP contribution in [0.4, 0.5) is 0 Å². The summed E-state index contributed by atoms with van der Waals surface area (Å²) in [5.41, 5.74) is 7.14. The minimum atomic E-state index is -0.920. The van der Waals surface area contributed by atoms with Gasteiger partial charge in [0.25, 0.3) is 0 Å². The van der Waals surface area contributed by atoms with Crippen LogP contribution in [0.15, 0.2) is 24.3 Å². The summed E-state index contributed by atoms with van der Waals surface area (Å²) in [6.45, 7) is 1.76. The molecule has 1 aromatic carbocycles. The van der Waals surface area contributed by atoms with Crippen molar-refractivity contribution < 1.29 is 15.0 Å². The van der Waals surface area contributed by atoms with Gasteiger partial charge in [0.15, 0.2) is 0 Å². The van der Waals surface area contributed by atoms with Crippen molar-refractivity contribution in [3.05, 3.63) is 35.4 Å². The van der Waals surface area contributed by atoms with E-state index < -0.39 is 18.1 Å². The molecule has 0 unspecified atom stereocenters. The number of hydrogen-bond acceptors (Lipinski definition) is 4. The molecule has 0 spiro atoms. The molecule has 0 saturated heterocycles. The lowest BCUT2D eigenvalue weighted by Crippen LogP contribution is -2.46. The van der Waals surface area contributed by atoms with Crippen LogP contribution < -0.4 is 11.1 Å². The average Bonchev–Trinajstić information content (AvgIpc) is 2.35. The highest BCUT2D eigenvalue weighted by Gasteiger charge is 2.17. The van der Waals surface area contributed by atoms with Crippen molar-refractivity contribution in [3.63, 3.8) is 0 Å². The van der Waals surface area contributed by atoms with Gasteiger partial charge in [0, 0.05) is 6.54 Å². The van der Waals surface area contributed by atoms with Crippen molar-refractivity contribution in [2.45, 2.75) is 32.2 Å². The molecule has 1 amide bonds. The van der Waals surface area contributed by atoms with Crippen LogP contribution in [0.3, 0.4) is 0 Å². The number of rotatable bonds is 5. The van der Waals surface area contributed by atoms with Crippen molar-refractivity contribution in [1.29, 1.82) is 0 Å². The number of nitrogens with two attached hydrogens (primary N) is 1. The number of hydrogen-bond donors (Lipinski definition) is 4. The number of benzene rings is 1. The zero-order valence-corrected chi connectivity index (χ0v) is 9.76. The second kappa shape index (κ2) is 6.34. The topological polar surface area (TPSA) is 95.6 Å². The molecule has 2 atom stereocenters. The Labute approximate surface area is 100 Å². The molecule has 94 valence electrons. The van der Waals surface area contributed by atoms with E-state index in [-0.39, 0.29) is 6.61 Å². The van der Waals surface area contributed by atoms with Crippen LogP contribution in [0.1, 0.15) is 18.1 Å². The molecule has 1 rings (SSSR count). The second-order valence-electron chi connectivity index (χ2n) is 3.96. The van der Waals surface area contributed by atoms with Crippen molar-refractivity contribution in [3.8, 4) is 0 Å². The molecule has 5 nitrogen and oxygen atoms in total. The average molecular weight is 238 g/mol. The summed E-state index contributed by atoms with van der Waals surface area (Å²) in [5.74, 6) is -0.394. The van der Waals surface area contributed by atoms with Crippen molar-refractivity contribution >= 4 is 5.91 Å². The predicted octanol–water partition coefficient (Wildman–Crippen LogP) is -0.497. The molecule has 0 radical (unpaired) electrons. The van der Waals surface area contributed by atoms with E-state index in [9.17, 15) is 4.79 Å². The summed E-state index contributed by atoms with van der Waals surface area (Å²) in [6, 6.07) is 6.33. The van der Waals surface area contributed by atoms with Crippen LogP contribution in [-0.2, 0) is 17.9 Å². The maximum Gasteiger partial charge on any atom is 0.239 e. The van der Waals surface area contributed by atoms with Gasteiger partial charge in [-0.25, -0.2) is 0 Å². The Bertz CT molecular complexity index is 380. The lowest BCUT2D eigenvalue weighted by atomic mass is 10.1. The first-order valence-corrected chi connectivity index (χ1v) is 5.44. The summed E-state index contributed by atoms with van der Waals surface area (Å²) >= 11 is 0. The molecule has 0 aliphatic carbocycles. The highest BCUT2D eigenvalue weighted by Crippen LogP contribution is 2.05. The van der Waals surface area contributed by atoms with Crippen LogP contribution in [-0.4, -0.2) is 28.3 Å². The van der Waals surface area contributed by atoms with Gasteiger partial charge in [0.1, 0.15) is 6.04 Å². The molecule has 17 heavy (non-hydrogen) atoms. The Kier molecular flexibility index (Phi) is 5.09. The molecule has 5 heteroatoms. The standard InChI is InChI=1S/C12H18N2O3/c1-8(16)11(13)12(17)14-6-9-3-2-4-10(5-9)7-15/h2-5,8,11,15-16H,6-7,13H2,1H3,(H,14,17)/t8-,11+/m0/s1. The van der Waals surface area contributed by atoms with Crippen LogP contribution in [0.25, 0.3) is 0 Å². The SMILES string of the molecule is C[C@H](O)[C@@H](N)C(=O)NCc1cccc(CO)c1. The predicted molar refractivity (Wildman–Crippen MR) is 63.9 cm³/mol. The number of amides is 1. The summed E-state index contributed by atoms with van der Waals surface area (Å²) < 4.78 is 0. The number of aliphatic hydroxyl groups excluding tert-OH is 2. The number of nitrogens with one attached hydrogen (secondary N) is 1. The maximum atomic E-state index is 11.5. The first-order valence-electron chi connectivity index (χ1n) is 5.44. The molecule has 0 aromatic heterocycles. The van der Waals surface area contributed by atoms with Crippen LogP contribution in [0.2, 0.25) is 0 Å². The summed E-state index contributed by atoms with van der Waals surface area (Å²) in [7, 11) is 0. The molecule has 0 heterocycles. The highest BCUT2D eigenvalue weighted by atomic mass is 16.3. The summed E-state index contributed by atoms with van der Waals surface area (Å²) in [6.07, 6.45) is -0.876. The van der Waals surface area contributed by atoms with Crippen molar-refractivity contribution in [2.24, 2.45) is 5.73 Å². The fourth-order valence-corrected chi connectivity index (χ4v) is 1.36. The van der Waals surface area contributed by atoms with Crippen molar-refractivity contribution in [1.82, 2.24) is 5.32 Å². The molecular weight excluding hydrogens is 220 g/mol. The number of carbonyl (C=O) groups is 1. The Morgan fingerprint density at radius 1 is 1.47 bits per heavy atom. The third-order valence-corrected chi connectivity index (χ3v) is 2.46. The number of aliphatic hydroxyl groups is 2. The largest absolute Gasteiger partial charge is 0.392 e. The maximum absolute atomic E-state index is 11.5. The molecule has 1 aromatic rings. The van der Waals surface area contributed by atoms with Crippen LogP contribution >= 0.6 is 0 Å². The van der Waals surface area contributed by atoms with E-state index in [1.165, 1.54) is 6.92 Å². The van der Waals surface area contributed by atoms with Gasteiger partial charge in [0.05, 0.1) is 12.7 Å². The van der Waals surface area contributed by atoms with E-state index in [1.54, 1.807) is 12.1 Å². The van der Waals surface area contributed by atoms with E-state index in [0.717, 1.165) is 11.1 Å². The fourth-order valence-electron chi connectivity index (χ4n) is 1.36. The minimum absolute atomic E-state index is 0.0328. The van der Waals surface area contributed by atoms with Gasteiger partial charge in [-0.1, -0.05) is 24.3 Å². The van der Waals surface area contributed by atoms with E-state index >= 15 is 0 Å². The summed E-state index contributed by atoms with van der Waals surface area (Å²) in [4.78, 5) is 11.5. The Balaban J connectivity index is 2.52. The van der Waals surface area contributed by atoms with Gasteiger partial charge >= 0.3 is 0 Å². The van der Waals surface area contributed by atoms with Gasteiger partial charge in [-0.05, 0) is 18.1 Å². The van der Waals surface area contributed by atoms with Crippen molar-refractivity contribution in [2.75, 3.05) is 0 Å². The molecule has 5 N–H and O–H groups in total. The molecule has 0 saturated carbocycles. The van der Waals surface area contributed by atoms with E-state index in [4.69, 9.17) is 15.9 Å². The monoisotopic (exact) mass is 238 g/mol. The van der Waals surface area contributed by atoms with Gasteiger partial charge in [-0.2, -0.15) is 0 Å². The molecule has 0 aliphatic rings. The fraction of sp³-hybridized carbons (Fsp3) is 0.417. The molecule has 0 aliphatic heterocycles. The summed E-state index contributed by atoms with van der Waals surface area (Å²) in [5, 5.41) is 20.7. The lowest BCUT2D eigenvalue weighted by Gasteiger charge is -2.14. The Morgan fingerprint density at radius 2 is 2.12 bits per heavy atom. The quantitative estimate of drug-likeness (QED) is 0.556. The third kappa shape index (κ3) is 4.14. The van der Waals surface area contributed by atoms with E-state index in [1.807, 2.05) is 12.1 Å². The third-order valence-electron chi connectivity index (χ3n) is 2.46. The van der Waals surface area contributed by atoms with Gasteiger partial charge in [0.2, 0.25) is 5.91 Å².